The number of nitrogens with two attached hydrogens (primary N) is 1. The van der Waals surface area contributed by atoms with Gasteiger partial charge in [0.2, 0.25) is 0 Å². The first-order chi connectivity index (χ1) is 16.6. The molecule has 1 saturated heterocycles. The molecule has 0 bridgehead atoms. The number of carbonyl (C=O) groups excluding carboxylic acids is 2. The van der Waals surface area contributed by atoms with Crippen LogP contribution in [0.15, 0.2) is 54.9 Å². The van der Waals surface area contributed by atoms with Crippen LogP contribution < -0.4 is 19.9 Å². The maximum absolute atomic E-state index is 13.4. The molecule has 1 aromatic carbocycles. The number of nitrogens with one attached hydrogen (secondary N) is 1. The van der Waals surface area contributed by atoms with Gasteiger partial charge in [0.05, 0.1) is 19.8 Å². The first-order valence-corrected chi connectivity index (χ1v) is 12.3. The van der Waals surface area contributed by atoms with Crippen molar-refractivity contribution in [3.05, 3.63) is 60.4 Å². The van der Waals surface area contributed by atoms with Gasteiger partial charge in [-0.15, -0.1) is 0 Å². The average Bonchev–Trinajstić information content (AvgIpc) is 3.12. The molecule has 0 aliphatic carbocycles. The number of methoxy groups -OCH3 is 1. The van der Waals surface area contributed by atoms with Crippen LogP contribution in [-0.4, -0.2) is 60.2 Å². The smallest absolute Gasteiger partial charge is 0.459 e. The third-order valence-corrected chi connectivity index (χ3v) is 6.95. The molecule has 190 valence electrons. The minimum atomic E-state index is -4.05. The zero-order chi connectivity index (χ0) is 25.6. The van der Waals surface area contributed by atoms with Crippen LogP contribution in [0.2, 0.25) is 0 Å². The number of primary amides is 1. The second-order valence-corrected chi connectivity index (χ2v) is 9.54. The number of hydrogen-bond acceptors (Lipinski definition) is 9. The van der Waals surface area contributed by atoms with Crippen molar-refractivity contribution in [2.75, 3.05) is 13.7 Å². The second-order valence-electron chi connectivity index (χ2n) is 7.85. The molecule has 12 nitrogen and oxygen atoms in total. The highest BCUT2D eigenvalue weighted by molar-refractivity contribution is 7.52. The number of aliphatic hydroxyl groups excluding tert-OH is 2. The van der Waals surface area contributed by atoms with Gasteiger partial charge in [-0.3, -0.25) is 14.1 Å². The number of pyridine rings is 1. The summed E-state index contributed by atoms with van der Waals surface area (Å²) in [6, 6.07) is 10.3. The standard InChI is InChI=1S/C22H28N3O9P/c1-14(22(29)31-2)24-35(30,34-16-8-4-3-5-9-16)32-12-10-17-18(26)19(27)21(33-17)25-11-6-7-15(13-25)20(23)28/h3-9,11,13-14,17-19,21,26-27H,10,12H2,1-2H3,(H2-,23,24,28,30)/p+1/t14-,17+,18+,19+,21+,35?/m0/s1. The molecule has 0 spiro atoms. The number of benzene rings is 1. The summed E-state index contributed by atoms with van der Waals surface area (Å²) in [7, 11) is -2.86. The Morgan fingerprint density at radius 2 is 1.91 bits per heavy atom. The minimum Gasteiger partial charge on any atom is -0.468 e. The van der Waals surface area contributed by atoms with E-state index >= 15 is 0 Å². The maximum atomic E-state index is 13.4. The molecule has 2 aromatic rings. The summed E-state index contributed by atoms with van der Waals surface area (Å²) >= 11 is 0. The molecule has 1 unspecified atom stereocenters. The Bertz CT molecular complexity index is 1070. The van der Waals surface area contributed by atoms with Crippen LogP contribution in [0.1, 0.15) is 29.9 Å². The van der Waals surface area contributed by atoms with E-state index in [-0.39, 0.29) is 24.3 Å². The number of hydrogen-bond donors (Lipinski definition) is 4. The molecular formula is C22H29N3O9P+. The van der Waals surface area contributed by atoms with Crippen molar-refractivity contribution in [3.63, 3.8) is 0 Å². The van der Waals surface area contributed by atoms with Gasteiger partial charge in [-0.05, 0) is 25.1 Å². The highest BCUT2D eigenvalue weighted by Gasteiger charge is 2.48. The fourth-order valence-electron chi connectivity index (χ4n) is 3.48. The molecule has 0 radical (unpaired) electrons. The number of aromatic nitrogens is 1. The Labute approximate surface area is 202 Å². The van der Waals surface area contributed by atoms with Gasteiger partial charge in [-0.1, -0.05) is 18.2 Å². The Morgan fingerprint density at radius 1 is 1.20 bits per heavy atom. The lowest BCUT2D eigenvalue weighted by atomic mass is 10.1. The van der Waals surface area contributed by atoms with Gasteiger partial charge in [0, 0.05) is 12.5 Å². The number of para-hydroxylation sites is 1. The van der Waals surface area contributed by atoms with E-state index in [1.54, 1.807) is 42.6 Å². The van der Waals surface area contributed by atoms with Crippen molar-refractivity contribution in [1.82, 2.24) is 5.09 Å². The number of amides is 1. The third kappa shape index (κ3) is 6.85. The van der Waals surface area contributed by atoms with Gasteiger partial charge in [0.1, 0.15) is 23.5 Å². The highest BCUT2D eigenvalue weighted by Crippen LogP contribution is 2.45. The lowest BCUT2D eigenvalue weighted by Gasteiger charge is -2.23. The van der Waals surface area contributed by atoms with E-state index in [1.807, 2.05) is 0 Å². The van der Waals surface area contributed by atoms with Crippen LogP contribution >= 0.6 is 7.75 Å². The molecule has 2 heterocycles. The van der Waals surface area contributed by atoms with Gasteiger partial charge >= 0.3 is 13.7 Å². The van der Waals surface area contributed by atoms with E-state index < -0.39 is 50.2 Å². The SMILES string of the molecule is COC(=O)[C@H](C)NP(=O)(OCC[C@H]1O[C@@H]([n+]2cccc(C(N)=O)c2)[C@H](O)[C@@H]1O)Oc1ccccc1. The van der Waals surface area contributed by atoms with Crippen LogP contribution in [0.4, 0.5) is 0 Å². The van der Waals surface area contributed by atoms with Gasteiger partial charge in [0.15, 0.2) is 18.5 Å². The number of esters is 1. The van der Waals surface area contributed by atoms with E-state index in [9.17, 15) is 24.4 Å². The van der Waals surface area contributed by atoms with E-state index in [0.29, 0.717) is 0 Å². The summed E-state index contributed by atoms with van der Waals surface area (Å²) in [4.78, 5) is 23.3. The summed E-state index contributed by atoms with van der Waals surface area (Å²) in [5, 5.41) is 23.5. The molecule has 35 heavy (non-hydrogen) atoms. The lowest BCUT2D eigenvalue weighted by Crippen LogP contribution is -2.46. The van der Waals surface area contributed by atoms with E-state index in [4.69, 9.17) is 19.5 Å². The van der Waals surface area contributed by atoms with Gasteiger partial charge in [-0.2, -0.15) is 9.65 Å². The largest absolute Gasteiger partial charge is 0.468 e. The van der Waals surface area contributed by atoms with Crippen LogP contribution in [0, 0.1) is 0 Å². The van der Waals surface area contributed by atoms with Crippen molar-refractivity contribution >= 4 is 19.6 Å². The monoisotopic (exact) mass is 510 g/mol. The van der Waals surface area contributed by atoms with Crippen LogP contribution in [-0.2, 0) is 23.4 Å². The number of nitrogens with zero attached hydrogens (tertiary/aromatic N) is 1. The molecular weight excluding hydrogens is 481 g/mol. The lowest BCUT2D eigenvalue weighted by molar-refractivity contribution is -0.765. The average molecular weight is 510 g/mol. The van der Waals surface area contributed by atoms with Crippen molar-refractivity contribution in [3.8, 4) is 5.75 Å². The summed E-state index contributed by atoms with van der Waals surface area (Å²) in [6.07, 6.45) is -1.47. The van der Waals surface area contributed by atoms with Gasteiger partial charge in [0.25, 0.3) is 12.1 Å². The zero-order valence-corrected chi connectivity index (χ0v) is 20.1. The molecule has 1 fully saturated rings. The van der Waals surface area contributed by atoms with Gasteiger partial charge < -0.3 is 29.9 Å². The molecule has 1 aliphatic heterocycles. The second kappa shape index (κ2) is 11.7. The normalized spacial score (nSPS) is 24.3. The number of ether oxygens (including phenoxy) is 2. The van der Waals surface area contributed by atoms with Crippen molar-refractivity contribution in [2.24, 2.45) is 5.73 Å². The highest BCUT2D eigenvalue weighted by atomic mass is 31.2. The fraction of sp³-hybridized carbons (Fsp3) is 0.409. The predicted octanol–water partition coefficient (Wildman–Crippen LogP) is 0.437. The van der Waals surface area contributed by atoms with Crippen LogP contribution in [0.3, 0.4) is 0 Å². The molecule has 3 rings (SSSR count). The molecule has 6 atom stereocenters. The van der Waals surface area contributed by atoms with Crippen molar-refractivity contribution in [2.45, 2.75) is 43.9 Å². The predicted molar refractivity (Wildman–Crippen MR) is 121 cm³/mol. The molecule has 5 N–H and O–H groups in total. The number of rotatable bonds is 11. The van der Waals surface area contributed by atoms with E-state index in [2.05, 4.69) is 9.82 Å². The van der Waals surface area contributed by atoms with Crippen molar-refractivity contribution in [1.29, 1.82) is 0 Å². The summed E-state index contributed by atoms with van der Waals surface area (Å²) in [5.41, 5.74) is 5.50. The summed E-state index contributed by atoms with van der Waals surface area (Å²) < 4.78 is 36.2. The topological polar surface area (TPSA) is 171 Å². The first kappa shape index (κ1) is 26.7. The quantitative estimate of drug-likeness (QED) is 0.189. The Hall–Kier alpha value is -2.86. The Morgan fingerprint density at radius 3 is 2.57 bits per heavy atom. The van der Waals surface area contributed by atoms with Crippen LogP contribution in [0.5, 0.6) is 5.75 Å². The summed E-state index contributed by atoms with van der Waals surface area (Å²) in [6.45, 7) is 1.23. The zero-order valence-electron chi connectivity index (χ0n) is 19.2. The van der Waals surface area contributed by atoms with Gasteiger partial charge in [-0.25, -0.2) is 4.57 Å². The molecule has 1 aromatic heterocycles. The van der Waals surface area contributed by atoms with Crippen molar-refractivity contribution < 1.29 is 47.5 Å². The fourth-order valence-corrected chi connectivity index (χ4v) is 4.98. The number of carbonyl (C=O) groups is 2. The third-order valence-electron chi connectivity index (χ3n) is 5.28. The molecule has 1 aliphatic rings. The Balaban J connectivity index is 1.66. The first-order valence-electron chi connectivity index (χ1n) is 10.8. The summed E-state index contributed by atoms with van der Waals surface area (Å²) in [5.74, 6) is -1.07. The maximum Gasteiger partial charge on any atom is 0.459 e. The molecule has 0 saturated carbocycles. The molecule has 13 heteroatoms. The minimum absolute atomic E-state index is 0.0290. The van der Waals surface area contributed by atoms with E-state index in [0.717, 1.165) is 0 Å². The molecule has 1 amide bonds. The number of aliphatic hydroxyl groups is 2. The Kier molecular flexibility index (Phi) is 8.95. The van der Waals surface area contributed by atoms with Crippen LogP contribution in [0.25, 0.3) is 0 Å². The van der Waals surface area contributed by atoms with E-state index in [1.165, 1.54) is 30.9 Å².